The Morgan fingerprint density at radius 3 is 2.67 bits per heavy atom. The van der Waals surface area contributed by atoms with Crippen LogP contribution < -0.4 is 0 Å². The van der Waals surface area contributed by atoms with Gasteiger partial charge in [0.15, 0.2) is 0 Å². The van der Waals surface area contributed by atoms with Gasteiger partial charge in [0, 0.05) is 0 Å². The first-order valence-electron chi connectivity index (χ1n) is 6.01. The van der Waals surface area contributed by atoms with Crippen LogP contribution in [0.25, 0.3) is 6.08 Å². The smallest absolute Gasteiger partial charge is 0.412 e. The Hall–Kier alpha value is -1.09. The lowest BCUT2D eigenvalue weighted by atomic mass is 10.2. The standard InChI is InChI=1S/C13H19O4P/c1-2-3-7-11-16-18(14,15)17-12-10-13-8-5-4-6-9-13/h4-6,8-10,12H,2-3,7,11H2,1H3,(H,14,15). The summed E-state index contributed by atoms with van der Waals surface area (Å²) in [6, 6.07) is 9.37. The largest absolute Gasteiger partial charge is 0.526 e. The van der Waals surface area contributed by atoms with E-state index in [-0.39, 0.29) is 6.61 Å². The van der Waals surface area contributed by atoms with Crippen molar-refractivity contribution in [2.24, 2.45) is 0 Å². The molecule has 100 valence electrons. The van der Waals surface area contributed by atoms with E-state index in [9.17, 15) is 9.46 Å². The lowest BCUT2D eigenvalue weighted by Gasteiger charge is -2.09. The molecule has 0 bridgehead atoms. The lowest BCUT2D eigenvalue weighted by Crippen LogP contribution is -1.93. The molecular formula is C13H19O4P. The van der Waals surface area contributed by atoms with E-state index in [0.29, 0.717) is 0 Å². The lowest BCUT2D eigenvalue weighted by molar-refractivity contribution is 0.185. The molecule has 5 heteroatoms. The van der Waals surface area contributed by atoms with Crippen molar-refractivity contribution in [3.63, 3.8) is 0 Å². The van der Waals surface area contributed by atoms with Crippen molar-refractivity contribution in [1.82, 2.24) is 0 Å². The normalized spacial score (nSPS) is 14.6. The van der Waals surface area contributed by atoms with E-state index < -0.39 is 7.82 Å². The second-order valence-corrected chi connectivity index (χ2v) is 5.23. The molecule has 0 fully saturated rings. The Bertz CT molecular complexity index is 403. The summed E-state index contributed by atoms with van der Waals surface area (Å²) in [4.78, 5) is 9.35. The van der Waals surface area contributed by atoms with E-state index in [1.165, 1.54) is 6.26 Å². The number of hydrogen-bond acceptors (Lipinski definition) is 3. The maximum Gasteiger partial charge on any atom is 0.526 e. The molecule has 0 spiro atoms. The zero-order chi connectivity index (χ0) is 13.3. The SMILES string of the molecule is CCCCCOP(=O)(O)OC=Cc1ccccc1. The molecule has 0 radical (unpaired) electrons. The number of phosphoric ester groups is 1. The Balaban J connectivity index is 2.32. The minimum atomic E-state index is -3.96. The van der Waals surface area contributed by atoms with Gasteiger partial charge in [0.25, 0.3) is 0 Å². The van der Waals surface area contributed by atoms with Crippen LogP contribution in [0.5, 0.6) is 0 Å². The molecule has 1 N–H and O–H groups in total. The third kappa shape index (κ3) is 6.60. The second kappa shape index (κ2) is 8.09. The fourth-order valence-electron chi connectivity index (χ4n) is 1.31. The van der Waals surface area contributed by atoms with Gasteiger partial charge >= 0.3 is 7.82 Å². The molecule has 1 unspecified atom stereocenters. The van der Waals surface area contributed by atoms with Crippen molar-refractivity contribution in [3.05, 3.63) is 42.2 Å². The summed E-state index contributed by atoms with van der Waals surface area (Å²) < 4.78 is 21.0. The van der Waals surface area contributed by atoms with E-state index >= 15 is 0 Å². The van der Waals surface area contributed by atoms with E-state index in [4.69, 9.17) is 9.05 Å². The van der Waals surface area contributed by atoms with E-state index in [0.717, 1.165) is 24.8 Å². The maximum atomic E-state index is 11.4. The van der Waals surface area contributed by atoms with Crippen LogP contribution in [0, 0.1) is 0 Å². The molecule has 0 saturated heterocycles. The molecule has 0 heterocycles. The third-order valence-corrected chi connectivity index (χ3v) is 3.15. The van der Waals surface area contributed by atoms with Gasteiger partial charge in [-0.1, -0.05) is 50.1 Å². The van der Waals surface area contributed by atoms with Gasteiger partial charge in [0.2, 0.25) is 0 Å². The van der Waals surface area contributed by atoms with Crippen LogP contribution in [-0.4, -0.2) is 11.5 Å². The summed E-state index contributed by atoms with van der Waals surface area (Å²) in [6.45, 7) is 2.29. The average molecular weight is 270 g/mol. The number of unbranched alkanes of at least 4 members (excludes halogenated alkanes) is 2. The molecule has 4 nitrogen and oxygen atoms in total. The van der Waals surface area contributed by atoms with Gasteiger partial charge in [-0.3, -0.25) is 9.42 Å². The van der Waals surface area contributed by atoms with Gasteiger partial charge < -0.3 is 4.52 Å². The minimum absolute atomic E-state index is 0.237. The third-order valence-electron chi connectivity index (χ3n) is 2.26. The van der Waals surface area contributed by atoms with Crippen LogP contribution in [0.15, 0.2) is 36.6 Å². The van der Waals surface area contributed by atoms with Crippen molar-refractivity contribution in [2.45, 2.75) is 26.2 Å². The van der Waals surface area contributed by atoms with Crippen LogP contribution in [0.1, 0.15) is 31.7 Å². The highest BCUT2D eigenvalue weighted by Crippen LogP contribution is 2.43. The first-order valence-corrected chi connectivity index (χ1v) is 7.51. The van der Waals surface area contributed by atoms with Gasteiger partial charge in [-0.15, -0.1) is 0 Å². The van der Waals surface area contributed by atoms with Crippen LogP contribution >= 0.6 is 7.82 Å². The molecule has 0 aliphatic rings. The average Bonchev–Trinajstić information content (AvgIpc) is 2.36. The van der Waals surface area contributed by atoms with Crippen LogP contribution in [-0.2, 0) is 13.6 Å². The molecule has 18 heavy (non-hydrogen) atoms. The number of benzene rings is 1. The molecule has 0 aliphatic carbocycles. The first-order chi connectivity index (χ1) is 8.64. The highest BCUT2D eigenvalue weighted by Gasteiger charge is 2.19. The van der Waals surface area contributed by atoms with Crippen molar-refractivity contribution < 1.29 is 18.5 Å². The van der Waals surface area contributed by atoms with Crippen LogP contribution in [0.3, 0.4) is 0 Å². The molecule has 0 amide bonds. The van der Waals surface area contributed by atoms with E-state index in [2.05, 4.69) is 6.92 Å². The van der Waals surface area contributed by atoms with Gasteiger partial charge in [-0.25, -0.2) is 4.57 Å². The number of rotatable bonds is 8. The van der Waals surface area contributed by atoms with Crippen LogP contribution in [0.2, 0.25) is 0 Å². The van der Waals surface area contributed by atoms with Crippen molar-refractivity contribution in [1.29, 1.82) is 0 Å². The molecule has 1 rings (SSSR count). The topological polar surface area (TPSA) is 55.8 Å². The highest BCUT2D eigenvalue weighted by molar-refractivity contribution is 7.47. The number of phosphoric acid groups is 1. The summed E-state index contributed by atoms with van der Waals surface area (Å²) >= 11 is 0. The van der Waals surface area contributed by atoms with Crippen molar-refractivity contribution >= 4 is 13.9 Å². The molecule has 1 atom stereocenters. The molecule has 1 aromatic rings. The minimum Gasteiger partial charge on any atom is -0.412 e. The second-order valence-electron chi connectivity index (χ2n) is 3.83. The van der Waals surface area contributed by atoms with Gasteiger partial charge in [0.1, 0.15) is 0 Å². The fraction of sp³-hybridized carbons (Fsp3) is 0.385. The predicted molar refractivity (Wildman–Crippen MR) is 71.9 cm³/mol. The Labute approximate surface area is 108 Å². The van der Waals surface area contributed by atoms with Gasteiger partial charge in [-0.05, 0) is 18.1 Å². The molecule has 0 aliphatic heterocycles. The maximum absolute atomic E-state index is 11.4. The molecule has 0 saturated carbocycles. The molecule has 1 aromatic carbocycles. The summed E-state index contributed by atoms with van der Waals surface area (Å²) in [7, 11) is -3.96. The molecule has 0 aromatic heterocycles. The Morgan fingerprint density at radius 1 is 1.28 bits per heavy atom. The zero-order valence-electron chi connectivity index (χ0n) is 10.5. The Kier molecular flexibility index (Phi) is 6.73. The van der Waals surface area contributed by atoms with Crippen molar-refractivity contribution in [2.75, 3.05) is 6.61 Å². The zero-order valence-corrected chi connectivity index (χ0v) is 11.4. The Morgan fingerprint density at radius 2 is 2.00 bits per heavy atom. The first kappa shape index (κ1) is 15.0. The van der Waals surface area contributed by atoms with Crippen molar-refractivity contribution in [3.8, 4) is 0 Å². The summed E-state index contributed by atoms with van der Waals surface area (Å²) in [5, 5.41) is 0. The fourth-order valence-corrected chi connectivity index (χ4v) is 1.95. The number of hydrogen-bond donors (Lipinski definition) is 1. The summed E-state index contributed by atoms with van der Waals surface area (Å²) in [5.74, 6) is 0. The quantitative estimate of drug-likeness (QED) is 0.441. The van der Waals surface area contributed by atoms with Gasteiger partial charge in [-0.2, -0.15) is 0 Å². The van der Waals surface area contributed by atoms with E-state index in [1.54, 1.807) is 6.08 Å². The monoisotopic (exact) mass is 270 g/mol. The predicted octanol–water partition coefficient (Wildman–Crippen LogP) is 3.98. The molecular weight excluding hydrogens is 251 g/mol. The van der Waals surface area contributed by atoms with E-state index in [1.807, 2.05) is 30.3 Å². The highest BCUT2D eigenvalue weighted by atomic mass is 31.2. The van der Waals surface area contributed by atoms with Gasteiger partial charge in [0.05, 0.1) is 12.9 Å². The summed E-state index contributed by atoms with van der Waals surface area (Å²) in [6.07, 6.45) is 5.56. The van der Waals surface area contributed by atoms with Crippen LogP contribution in [0.4, 0.5) is 0 Å². The summed E-state index contributed by atoms with van der Waals surface area (Å²) in [5.41, 5.74) is 0.892.